The maximum atomic E-state index is 11.4. The molecule has 120 valence electrons. The van der Waals surface area contributed by atoms with E-state index in [0.29, 0.717) is 11.4 Å². The van der Waals surface area contributed by atoms with E-state index in [1.165, 1.54) is 10.7 Å². The van der Waals surface area contributed by atoms with Gasteiger partial charge in [-0.15, -0.1) is 10.2 Å². The van der Waals surface area contributed by atoms with Gasteiger partial charge in [0.1, 0.15) is 0 Å². The van der Waals surface area contributed by atoms with Gasteiger partial charge in [-0.1, -0.05) is 30.3 Å². The molecular weight excluding hydrogens is 308 g/mol. The van der Waals surface area contributed by atoms with Gasteiger partial charge in [0.25, 0.3) is 0 Å². The van der Waals surface area contributed by atoms with Gasteiger partial charge in [0, 0.05) is 0 Å². The number of azo groups is 1. The van der Waals surface area contributed by atoms with Gasteiger partial charge < -0.3 is 16.6 Å². The number of hydrogen-bond acceptors (Lipinski definition) is 6. The minimum atomic E-state index is -1.09. The lowest BCUT2D eigenvalue weighted by Gasteiger charge is -2.07. The molecule has 24 heavy (non-hydrogen) atoms. The Bertz CT molecular complexity index is 918. The standard InChI is InChI=1S/C16H14N6O2/c17-14-13(20-19-10-6-2-1-3-7-10)15(18)22(21-14)12-9-5-4-8-11(12)16(23)24/h1-9H,18H2,(H2,17,21)(H,23,24). The van der Waals surface area contributed by atoms with Gasteiger partial charge in [-0.3, -0.25) is 0 Å². The molecule has 0 saturated heterocycles. The molecule has 0 spiro atoms. The number of para-hydroxylation sites is 1. The molecule has 0 atom stereocenters. The third kappa shape index (κ3) is 2.80. The summed E-state index contributed by atoms with van der Waals surface area (Å²) in [5, 5.41) is 21.5. The zero-order valence-corrected chi connectivity index (χ0v) is 12.5. The smallest absolute Gasteiger partial charge is 0.337 e. The lowest BCUT2D eigenvalue weighted by atomic mass is 10.2. The topological polar surface area (TPSA) is 132 Å². The average molecular weight is 322 g/mol. The second kappa shape index (κ2) is 6.21. The number of carbonyl (C=O) groups is 1. The first-order chi connectivity index (χ1) is 11.6. The third-order valence-electron chi connectivity index (χ3n) is 3.31. The highest BCUT2D eigenvalue weighted by Gasteiger charge is 2.18. The van der Waals surface area contributed by atoms with E-state index < -0.39 is 5.97 Å². The van der Waals surface area contributed by atoms with E-state index in [2.05, 4.69) is 15.3 Å². The molecule has 0 bridgehead atoms. The van der Waals surface area contributed by atoms with Crippen molar-refractivity contribution in [2.75, 3.05) is 11.5 Å². The monoisotopic (exact) mass is 322 g/mol. The number of nitrogen functional groups attached to an aromatic ring is 2. The quantitative estimate of drug-likeness (QED) is 0.635. The minimum Gasteiger partial charge on any atom is -0.478 e. The molecule has 0 saturated carbocycles. The van der Waals surface area contributed by atoms with Crippen LogP contribution in [0.3, 0.4) is 0 Å². The van der Waals surface area contributed by atoms with Crippen LogP contribution in [0.5, 0.6) is 0 Å². The molecule has 5 N–H and O–H groups in total. The van der Waals surface area contributed by atoms with Gasteiger partial charge in [-0.2, -0.15) is 5.11 Å². The molecule has 0 radical (unpaired) electrons. The molecule has 1 aromatic heterocycles. The van der Waals surface area contributed by atoms with Crippen LogP contribution in [-0.4, -0.2) is 20.9 Å². The van der Waals surface area contributed by atoms with Crippen LogP contribution in [0.4, 0.5) is 23.0 Å². The normalized spacial score (nSPS) is 11.0. The molecule has 0 aliphatic rings. The Balaban J connectivity index is 2.05. The highest BCUT2D eigenvalue weighted by molar-refractivity contribution is 5.92. The molecule has 0 fully saturated rings. The van der Waals surface area contributed by atoms with Crippen molar-refractivity contribution in [2.24, 2.45) is 10.2 Å². The van der Waals surface area contributed by atoms with Gasteiger partial charge in [0.2, 0.25) is 0 Å². The van der Waals surface area contributed by atoms with Gasteiger partial charge in [-0.25, -0.2) is 9.48 Å². The summed E-state index contributed by atoms with van der Waals surface area (Å²) in [6.07, 6.45) is 0. The second-order valence-electron chi connectivity index (χ2n) is 4.89. The molecule has 8 nitrogen and oxygen atoms in total. The van der Waals surface area contributed by atoms with Gasteiger partial charge in [-0.05, 0) is 24.3 Å². The van der Waals surface area contributed by atoms with Crippen LogP contribution in [0.1, 0.15) is 10.4 Å². The summed E-state index contributed by atoms with van der Waals surface area (Å²) in [6.45, 7) is 0. The molecule has 3 aromatic rings. The number of nitrogens with zero attached hydrogens (tertiary/aromatic N) is 4. The van der Waals surface area contributed by atoms with E-state index in [4.69, 9.17) is 11.5 Å². The fraction of sp³-hybridized carbons (Fsp3) is 0. The van der Waals surface area contributed by atoms with Gasteiger partial charge in [0.15, 0.2) is 17.3 Å². The molecule has 2 aromatic carbocycles. The van der Waals surface area contributed by atoms with Crippen molar-refractivity contribution in [3.8, 4) is 5.69 Å². The number of rotatable bonds is 4. The van der Waals surface area contributed by atoms with E-state index >= 15 is 0 Å². The highest BCUT2D eigenvalue weighted by Crippen LogP contribution is 2.33. The van der Waals surface area contributed by atoms with Crippen molar-refractivity contribution in [3.05, 3.63) is 60.2 Å². The maximum Gasteiger partial charge on any atom is 0.337 e. The number of aromatic carboxylic acids is 1. The SMILES string of the molecule is Nc1nn(-c2ccccc2C(=O)O)c(N)c1N=Nc1ccccc1. The molecule has 0 aliphatic carbocycles. The molecule has 0 unspecified atom stereocenters. The predicted octanol–water partition coefficient (Wildman–Crippen LogP) is 3.15. The zero-order valence-electron chi connectivity index (χ0n) is 12.5. The summed E-state index contributed by atoms with van der Waals surface area (Å²) >= 11 is 0. The summed E-state index contributed by atoms with van der Waals surface area (Å²) in [7, 11) is 0. The Morgan fingerprint density at radius 1 is 1.00 bits per heavy atom. The van der Waals surface area contributed by atoms with Crippen molar-refractivity contribution in [3.63, 3.8) is 0 Å². The maximum absolute atomic E-state index is 11.4. The number of anilines is 2. The number of carboxylic acid groups (broad SMARTS) is 1. The second-order valence-corrected chi connectivity index (χ2v) is 4.89. The van der Waals surface area contributed by atoms with E-state index in [9.17, 15) is 9.90 Å². The van der Waals surface area contributed by atoms with Crippen LogP contribution >= 0.6 is 0 Å². The first-order valence-corrected chi connectivity index (χ1v) is 7.01. The van der Waals surface area contributed by atoms with Crippen molar-refractivity contribution in [1.29, 1.82) is 0 Å². The molecule has 1 heterocycles. The highest BCUT2D eigenvalue weighted by atomic mass is 16.4. The molecule has 8 heteroatoms. The van der Waals surface area contributed by atoms with Crippen LogP contribution in [-0.2, 0) is 0 Å². The Morgan fingerprint density at radius 2 is 1.67 bits per heavy atom. The van der Waals surface area contributed by atoms with Crippen LogP contribution in [0.15, 0.2) is 64.8 Å². The lowest BCUT2D eigenvalue weighted by molar-refractivity contribution is 0.0697. The van der Waals surface area contributed by atoms with E-state index in [1.54, 1.807) is 30.3 Å². The number of nitrogens with two attached hydrogens (primary N) is 2. The minimum absolute atomic E-state index is 0.0539. The van der Waals surface area contributed by atoms with E-state index in [0.717, 1.165) is 0 Å². The summed E-state index contributed by atoms with van der Waals surface area (Å²) in [6, 6.07) is 15.4. The summed E-state index contributed by atoms with van der Waals surface area (Å²) in [5.74, 6) is -0.917. The van der Waals surface area contributed by atoms with Crippen LogP contribution in [0.2, 0.25) is 0 Å². The summed E-state index contributed by atoms with van der Waals surface area (Å²) in [4.78, 5) is 11.4. The first-order valence-electron chi connectivity index (χ1n) is 7.01. The third-order valence-corrected chi connectivity index (χ3v) is 3.31. The predicted molar refractivity (Wildman–Crippen MR) is 90.0 cm³/mol. The lowest BCUT2D eigenvalue weighted by Crippen LogP contribution is -2.08. The Morgan fingerprint density at radius 3 is 2.38 bits per heavy atom. The van der Waals surface area contributed by atoms with Crippen molar-refractivity contribution < 1.29 is 9.90 Å². The zero-order chi connectivity index (χ0) is 17.1. The van der Waals surface area contributed by atoms with E-state index in [1.807, 2.05) is 18.2 Å². The van der Waals surface area contributed by atoms with Crippen molar-refractivity contribution in [2.45, 2.75) is 0 Å². The molecular formula is C16H14N6O2. The first kappa shape index (κ1) is 15.2. The fourth-order valence-corrected chi connectivity index (χ4v) is 2.17. The van der Waals surface area contributed by atoms with Crippen molar-refractivity contribution >= 4 is 29.0 Å². The Labute approximate surface area is 137 Å². The average Bonchev–Trinajstić information content (AvgIpc) is 2.88. The Kier molecular flexibility index (Phi) is 3.94. The van der Waals surface area contributed by atoms with Crippen LogP contribution < -0.4 is 11.5 Å². The number of hydrogen-bond donors (Lipinski definition) is 3. The number of aromatic nitrogens is 2. The molecule has 0 aliphatic heterocycles. The van der Waals surface area contributed by atoms with Gasteiger partial charge >= 0.3 is 5.97 Å². The van der Waals surface area contributed by atoms with Crippen LogP contribution in [0, 0.1) is 0 Å². The number of benzene rings is 2. The summed E-state index contributed by atoms with van der Waals surface area (Å²) in [5.41, 5.74) is 13.1. The van der Waals surface area contributed by atoms with Crippen LogP contribution in [0.25, 0.3) is 5.69 Å². The van der Waals surface area contributed by atoms with Crippen molar-refractivity contribution in [1.82, 2.24) is 9.78 Å². The largest absolute Gasteiger partial charge is 0.478 e. The summed E-state index contributed by atoms with van der Waals surface area (Å²) < 4.78 is 1.25. The van der Waals surface area contributed by atoms with E-state index in [-0.39, 0.29) is 22.9 Å². The molecule has 3 rings (SSSR count). The Hall–Kier alpha value is -3.68. The molecule has 0 amide bonds. The fourth-order valence-electron chi connectivity index (χ4n) is 2.17. The number of carboxylic acids is 1. The van der Waals surface area contributed by atoms with Gasteiger partial charge in [0.05, 0.1) is 16.9 Å².